The molecule has 0 nitrogen and oxygen atoms in total. The molecule has 0 fully saturated rings. The highest BCUT2D eigenvalue weighted by atomic mass is 31.1. The van der Waals surface area contributed by atoms with Gasteiger partial charge in [-0.25, -0.2) is 0 Å². The molecular formula is C26H47P. The van der Waals surface area contributed by atoms with E-state index in [2.05, 4.69) is 39.8 Å². The van der Waals surface area contributed by atoms with Gasteiger partial charge >= 0.3 is 0 Å². The van der Waals surface area contributed by atoms with Crippen molar-refractivity contribution in [2.45, 2.75) is 124 Å². The molecular weight excluding hydrogens is 343 g/mol. The van der Waals surface area contributed by atoms with Crippen molar-refractivity contribution in [3.05, 3.63) is 28.8 Å². The minimum atomic E-state index is 1.03. The van der Waals surface area contributed by atoms with Crippen molar-refractivity contribution in [3.63, 3.8) is 0 Å². The predicted molar refractivity (Wildman–Crippen MR) is 128 cm³/mol. The van der Waals surface area contributed by atoms with Crippen LogP contribution in [-0.2, 0) is 19.3 Å². The van der Waals surface area contributed by atoms with Gasteiger partial charge in [0.05, 0.1) is 0 Å². The highest BCUT2D eigenvalue weighted by Crippen LogP contribution is 2.26. The smallest absolute Gasteiger partial charge is 0.0237 e. The molecule has 156 valence electrons. The normalized spacial score (nSPS) is 11.7. The van der Waals surface area contributed by atoms with Crippen LogP contribution in [0.15, 0.2) is 12.1 Å². The molecule has 1 heteroatoms. The fourth-order valence-electron chi connectivity index (χ4n) is 3.94. The summed E-state index contributed by atoms with van der Waals surface area (Å²) in [6.07, 6.45) is 21.8. The van der Waals surface area contributed by atoms with Crippen molar-refractivity contribution in [2.75, 3.05) is 6.16 Å². The molecule has 0 N–H and O–H groups in total. The monoisotopic (exact) mass is 390 g/mol. The zero-order chi connectivity index (χ0) is 19.7. The molecule has 0 amide bonds. The molecule has 0 aliphatic rings. The minimum Gasteiger partial charge on any atom is -0.0901 e. The Kier molecular flexibility index (Phi) is 15.2. The first-order chi connectivity index (χ1) is 13.3. The van der Waals surface area contributed by atoms with Crippen molar-refractivity contribution < 1.29 is 0 Å². The van der Waals surface area contributed by atoms with Crippen molar-refractivity contribution in [2.24, 2.45) is 0 Å². The van der Waals surface area contributed by atoms with Crippen molar-refractivity contribution in [1.82, 2.24) is 0 Å². The molecule has 1 atom stereocenters. The third-order valence-electron chi connectivity index (χ3n) is 5.73. The van der Waals surface area contributed by atoms with Gasteiger partial charge < -0.3 is 0 Å². The third kappa shape index (κ3) is 10.1. The Morgan fingerprint density at radius 2 is 1.11 bits per heavy atom. The molecule has 0 aliphatic heterocycles. The number of aryl methyl sites for hydroxylation is 1. The zero-order valence-corrected chi connectivity index (χ0v) is 20.0. The van der Waals surface area contributed by atoms with E-state index in [-0.39, 0.29) is 0 Å². The summed E-state index contributed by atoms with van der Waals surface area (Å²) in [4.78, 5) is 0. The summed E-state index contributed by atoms with van der Waals surface area (Å²) >= 11 is 0. The van der Waals surface area contributed by atoms with Gasteiger partial charge in [0, 0.05) is 0 Å². The maximum absolute atomic E-state index is 2.51. The molecule has 1 unspecified atom stereocenters. The van der Waals surface area contributed by atoms with E-state index in [1.54, 1.807) is 22.0 Å². The predicted octanol–water partition coefficient (Wildman–Crippen LogP) is 8.38. The van der Waals surface area contributed by atoms with E-state index in [4.69, 9.17) is 0 Å². The largest absolute Gasteiger partial charge is 0.0901 e. The first-order valence-electron chi connectivity index (χ1n) is 12.2. The van der Waals surface area contributed by atoms with Crippen LogP contribution in [0.2, 0.25) is 0 Å². The lowest BCUT2D eigenvalue weighted by Crippen LogP contribution is -2.13. The van der Waals surface area contributed by atoms with Crippen molar-refractivity contribution in [3.8, 4) is 0 Å². The summed E-state index contributed by atoms with van der Waals surface area (Å²) in [5.41, 5.74) is 5.19. The summed E-state index contributed by atoms with van der Waals surface area (Å²) < 4.78 is 0. The van der Waals surface area contributed by atoms with Gasteiger partial charge in [-0.2, -0.15) is 0 Å². The Bertz CT molecular complexity index is 477. The van der Waals surface area contributed by atoms with Gasteiger partial charge in [0.2, 0.25) is 0 Å². The molecule has 0 aliphatic carbocycles. The van der Waals surface area contributed by atoms with Gasteiger partial charge in [0.15, 0.2) is 0 Å². The number of unbranched alkanes of at least 4 members (excludes halogenated alkanes) is 8. The molecule has 0 radical (unpaired) electrons. The van der Waals surface area contributed by atoms with Gasteiger partial charge in [-0.1, -0.05) is 99.8 Å². The molecule has 0 spiro atoms. The third-order valence-corrected chi connectivity index (χ3v) is 7.19. The lowest BCUT2D eigenvalue weighted by molar-refractivity contribution is 0.626. The van der Waals surface area contributed by atoms with Crippen LogP contribution in [0.5, 0.6) is 0 Å². The van der Waals surface area contributed by atoms with Crippen LogP contribution in [0.3, 0.4) is 0 Å². The second kappa shape index (κ2) is 16.6. The quantitative estimate of drug-likeness (QED) is 0.185. The Morgan fingerprint density at radius 1 is 0.556 bits per heavy atom. The van der Waals surface area contributed by atoms with E-state index in [1.807, 2.05) is 0 Å². The van der Waals surface area contributed by atoms with E-state index in [1.165, 1.54) is 102 Å². The van der Waals surface area contributed by atoms with E-state index in [0.29, 0.717) is 0 Å². The topological polar surface area (TPSA) is 0 Å². The van der Waals surface area contributed by atoms with Crippen LogP contribution in [0, 0.1) is 0 Å². The molecule has 0 saturated heterocycles. The molecule has 0 bridgehead atoms. The number of hydrogen-bond donors (Lipinski definition) is 0. The number of benzene rings is 1. The fraction of sp³-hybridized carbons (Fsp3) is 0.769. The lowest BCUT2D eigenvalue weighted by Gasteiger charge is -2.19. The van der Waals surface area contributed by atoms with E-state index in [0.717, 1.165) is 8.58 Å². The molecule has 1 rings (SSSR count). The first kappa shape index (κ1) is 24.7. The van der Waals surface area contributed by atoms with E-state index >= 15 is 0 Å². The molecule has 1 aromatic rings. The van der Waals surface area contributed by atoms with Crippen LogP contribution in [-0.4, -0.2) is 6.16 Å². The van der Waals surface area contributed by atoms with Crippen LogP contribution >= 0.6 is 8.58 Å². The first-order valence-corrected chi connectivity index (χ1v) is 13.4. The summed E-state index contributed by atoms with van der Waals surface area (Å²) in [5.74, 6) is 0. The Morgan fingerprint density at radius 3 is 1.78 bits per heavy atom. The molecule has 0 aromatic heterocycles. The van der Waals surface area contributed by atoms with Gasteiger partial charge in [-0.3, -0.25) is 0 Å². The summed E-state index contributed by atoms with van der Waals surface area (Å²) in [6.45, 7) is 9.30. The second-order valence-corrected chi connectivity index (χ2v) is 9.63. The Balaban J connectivity index is 2.80. The standard InChI is InChI=1S/C26H47P/c1-5-9-13-14-15-16-22-27-26-21-20-23(17-10-6-2)24(18-11-7-3)25(26)19-12-8-4/h20-21,27H,5-19,22H2,1-4H3. The van der Waals surface area contributed by atoms with E-state index < -0.39 is 0 Å². The van der Waals surface area contributed by atoms with Crippen molar-refractivity contribution in [1.29, 1.82) is 0 Å². The average molecular weight is 391 g/mol. The summed E-state index contributed by atoms with van der Waals surface area (Å²) in [6, 6.07) is 5.01. The second-order valence-electron chi connectivity index (χ2n) is 8.23. The maximum atomic E-state index is 2.51. The zero-order valence-electron chi connectivity index (χ0n) is 19.0. The highest BCUT2D eigenvalue weighted by molar-refractivity contribution is 7.47. The Hall–Kier alpha value is -0.350. The molecule has 0 heterocycles. The Labute approximate surface area is 173 Å². The van der Waals surface area contributed by atoms with Gasteiger partial charge in [-0.15, -0.1) is 0 Å². The molecule has 1 aromatic carbocycles. The SMILES string of the molecule is CCCCCCCCPc1ccc(CCCC)c(CCCC)c1CCCC. The summed E-state index contributed by atoms with van der Waals surface area (Å²) in [5, 5.41) is 1.71. The summed E-state index contributed by atoms with van der Waals surface area (Å²) in [7, 11) is 1.03. The van der Waals surface area contributed by atoms with Crippen LogP contribution < -0.4 is 5.30 Å². The average Bonchev–Trinajstić information content (AvgIpc) is 2.69. The van der Waals surface area contributed by atoms with Crippen LogP contribution in [0.1, 0.15) is 121 Å². The number of rotatable bonds is 17. The van der Waals surface area contributed by atoms with Gasteiger partial charge in [-0.05, 0) is 73.1 Å². The maximum Gasteiger partial charge on any atom is -0.0237 e. The number of hydrogen-bond acceptors (Lipinski definition) is 0. The van der Waals surface area contributed by atoms with Gasteiger partial charge in [0.25, 0.3) is 0 Å². The highest BCUT2D eigenvalue weighted by Gasteiger charge is 2.13. The lowest BCUT2D eigenvalue weighted by atomic mass is 9.91. The van der Waals surface area contributed by atoms with Crippen LogP contribution in [0.25, 0.3) is 0 Å². The van der Waals surface area contributed by atoms with E-state index in [9.17, 15) is 0 Å². The minimum absolute atomic E-state index is 1.03. The molecule has 27 heavy (non-hydrogen) atoms. The van der Waals surface area contributed by atoms with Gasteiger partial charge in [0.1, 0.15) is 0 Å². The van der Waals surface area contributed by atoms with Crippen LogP contribution in [0.4, 0.5) is 0 Å². The van der Waals surface area contributed by atoms with Crippen molar-refractivity contribution >= 4 is 13.9 Å². The molecule has 0 saturated carbocycles. The fourth-order valence-corrected chi connectivity index (χ4v) is 5.33.